The van der Waals surface area contributed by atoms with E-state index < -0.39 is 5.97 Å². The Balaban J connectivity index is 1.87. The molecule has 0 unspecified atom stereocenters. The van der Waals surface area contributed by atoms with E-state index in [0.717, 1.165) is 10.8 Å². The minimum Gasteiger partial charge on any atom is -0.462 e. The van der Waals surface area contributed by atoms with E-state index in [1.165, 1.54) is 0 Å². The number of carbonyl (C=O) groups excluding carboxylic acids is 2. The number of Topliss-reactive ketones (excluding diaryl/α,β-unsaturated/α-hetero) is 1. The number of carbonyl (C=O) groups is 2. The van der Waals surface area contributed by atoms with E-state index in [1.54, 1.807) is 20.8 Å². The molecule has 1 aromatic carbocycles. The number of rotatable bonds is 5. The lowest BCUT2D eigenvalue weighted by atomic mass is 10.1. The number of hydrogen-bond donors (Lipinski definition) is 1. The van der Waals surface area contributed by atoms with Crippen LogP contribution in [0.1, 0.15) is 39.0 Å². The fraction of sp³-hybridized carbons (Fsp3) is 0.250. The molecule has 0 aliphatic rings. The highest BCUT2D eigenvalue weighted by atomic mass is 16.5. The van der Waals surface area contributed by atoms with Crippen LogP contribution >= 0.6 is 0 Å². The summed E-state index contributed by atoms with van der Waals surface area (Å²) in [5.41, 5.74) is 2.21. The Hall–Kier alpha value is -2.95. The van der Waals surface area contributed by atoms with Crippen LogP contribution < -0.4 is 4.57 Å². The molecule has 3 aromatic rings. The molecule has 0 aliphatic carbocycles. The molecule has 5 nitrogen and oxygen atoms in total. The summed E-state index contributed by atoms with van der Waals surface area (Å²) in [6.07, 6.45) is 3.84. The Morgan fingerprint density at radius 2 is 1.84 bits per heavy atom. The second-order valence-electron chi connectivity index (χ2n) is 6.01. The van der Waals surface area contributed by atoms with Crippen molar-refractivity contribution in [2.24, 2.45) is 0 Å². The Morgan fingerprint density at radius 1 is 1.12 bits per heavy atom. The first-order valence-corrected chi connectivity index (χ1v) is 8.28. The number of nitrogens with zero attached hydrogens (tertiary/aromatic N) is 1. The lowest BCUT2D eigenvalue weighted by Crippen LogP contribution is -2.37. The number of aromatic amines is 1. The second kappa shape index (κ2) is 6.89. The average Bonchev–Trinajstić information content (AvgIpc) is 2.89. The lowest BCUT2D eigenvalue weighted by molar-refractivity contribution is -0.681. The second-order valence-corrected chi connectivity index (χ2v) is 6.01. The molecule has 0 saturated heterocycles. The fourth-order valence-corrected chi connectivity index (χ4v) is 3.06. The molecule has 5 heteroatoms. The van der Waals surface area contributed by atoms with E-state index in [9.17, 15) is 9.59 Å². The third-order valence-electron chi connectivity index (χ3n) is 4.27. The van der Waals surface area contributed by atoms with Gasteiger partial charge in [0.05, 0.1) is 17.9 Å². The molecule has 2 aromatic heterocycles. The highest BCUT2D eigenvalue weighted by Gasteiger charge is 2.24. The van der Waals surface area contributed by atoms with E-state index in [4.69, 9.17) is 4.74 Å². The SMILES string of the molecule is CCOC(=O)c1c(C)[nH]c(C(=O)C[n+]2ccc3ccccc3c2)c1C. The van der Waals surface area contributed by atoms with Gasteiger partial charge in [-0.3, -0.25) is 4.79 Å². The van der Waals surface area contributed by atoms with Gasteiger partial charge < -0.3 is 9.72 Å². The number of hydrogen-bond acceptors (Lipinski definition) is 3. The monoisotopic (exact) mass is 337 g/mol. The van der Waals surface area contributed by atoms with Crippen molar-refractivity contribution in [3.8, 4) is 0 Å². The Bertz CT molecular complexity index is 957. The molecule has 0 spiro atoms. The van der Waals surface area contributed by atoms with E-state index in [2.05, 4.69) is 4.98 Å². The lowest BCUT2D eigenvalue weighted by Gasteiger charge is -2.02. The Morgan fingerprint density at radius 3 is 2.56 bits per heavy atom. The molecule has 2 heterocycles. The van der Waals surface area contributed by atoms with Gasteiger partial charge in [-0.25, -0.2) is 4.79 Å². The van der Waals surface area contributed by atoms with Crippen molar-refractivity contribution in [1.29, 1.82) is 0 Å². The first kappa shape index (κ1) is 16.9. The summed E-state index contributed by atoms with van der Waals surface area (Å²) in [4.78, 5) is 27.8. The highest BCUT2D eigenvalue weighted by molar-refractivity contribution is 6.01. The number of fused-ring (bicyclic) bond motifs is 1. The molecule has 0 radical (unpaired) electrons. The van der Waals surface area contributed by atoms with Gasteiger partial charge in [0.1, 0.15) is 0 Å². The van der Waals surface area contributed by atoms with Crippen LogP contribution in [0.15, 0.2) is 42.7 Å². The highest BCUT2D eigenvalue weighted by Crippen LogP contribution is 2.19. The Labute approximate surface area is 146 Å². The van der Waals surface area contributed by atoms with Gasteiger partial charge in [0.2, 0.25) is 12.3 Å². The van der Waals surface area contributed by atoms with E-state index >= 15 is 0 Å². The van der Waals surface area contributed by atoms with Crippen LogP contribution in [0.25, 0.3) is 10.8 Å². The maximum absolute atomic E-state index is 12.7. The summed E-state index contributed by atoms with van der Waals surface area (Å²) in [7, 11) is 0. The topological polar surface area (TPSA) is 63.0 Å². The minimum atomic E-state index is -0.397. The zero-order chi connectivity index (χ0) is 18.0. The first-order valence-electron chi connectivity index (χ1n) is 8.28. The van der Waals surface area contributed by atoms with Gasteiger partial charge in [-0.15, -0.1) is 0 Å². The van der Waals surface area contributed by atoms with Gasteiger partial charge in [0.25, 0.3) is 0 Å². The average molecular weight is 337 g/mol. The molecule has 128 valence electrons. The zero-order valence-electron chi connectivity index (χ0n) is 14.6. The predicted octanol–water partition coefficient (Wildman–Crippen LogP) is 3.13. The number of ketones is 1. The van der Waals surface area contributed by atoms with Crippen molar-refractivity contribution in [2.75, 3.05) is 6.61 Å². The number of H-pyrrole nitrogens is 1. The number of benzene rings is 1. The van der Waals surface area contributed by atoms with Crippen molar-refractivity contribution >= 4 is 22.5 Å². The molecule has 0 amide bonds. The quantitative estimate of drug-likeness (QED) is 0.442. The molecule has 1 N–H and O–H groups in total. The van der Waals surface area contributed by atoms with Crippen LogP contribution in [-0.2, 0) is 11.3 Å². The normalized spacial score (nSPS) is 10.8. The number of ether oxygens (including phenoxy) is 1. The van der Waals surface area contributed by atoms with E-state index in [-0.39, 0.29) is 12.3 Å². The van der Waals surface area contributed by atoms with E-state index in [0.29, 0.717) is 29.1 Å². The summed E-state index contributed by atoms with van der Waals surface area (Å²) < 4.78 is 6.93. The largest absolute Gasteiger partial charge is 0.462 e. The summed E-state index contributed by atoms with van der Waals surface area (Å²) >= 11 is 0. The zero-order valence-corrected chi connectivity index (χ0v) is 14.6. The number of esters is 1. The standard InChI is InChI=1S/C20H20N2O3/c1-4-25-20(24)18-13(2)19(21-14(18)3)17(23)12-22-10-9-15-7-5-6-8-16(15)11-22/h5-11H,4,12H2,1-3H3/p+1. The molecule has 25 heavy (non-hydrogen) atoms. The molecule has 0 atom stereocenters. The van der Waals surface area contributed by atoms with Crippen LogP contribution in [0.4, 0.5) is 0 Å². The van der Waals surface area contributed by atoms with Crippen LogP contribution in [-0.4, -0.2) is 23.3 Å². The minimum absolute atomic E-state index is 0.0728. The number of aromatic nitrogens is 2. The van der Waals surface area contributed by atoms with Gasteiger partial charge in [0, 0.05) is 17.1 Å². The van der Waals surface area contributed by atoms with Crippen molar-refractivity contribution in [1.82, 2.24) is 4.98 Å². The summed E-state index contributed by atoms with van der Waals surface area (Å²) in [5.74, 6) is -0.470. The third-order valence-corrected chi connectivity index (χ3v) is 4.27. The van der Waals surface area contributed by atoms with Crippen LogP contribution in [0.5, 0.6) is 0 Å². The van der Waals surface area contributed by atoms with Gasteiger partial charge >= 0.3 is 5.97 Å². The molecule has 0 aliphatic heterocycles. The first-order chi connectivity index (χ1) is 12.0. The summed E-state index contributed by atoms with van der Waals surface area (Å²) in [6.45, 7) is 5.82. The molecule has 3 rings (SSSR count). The van der Waals surface area contributed by atoms with Crippen molar-refractivity contribution in [3.63, 3.8) is 0 Å². The smallest absolute Gasteiger partial charge is 0.340 e. The molecular weight excluding hydrogens is 316 g/mol. The maximum atomic E-state index is 12.7. The van der Waals surface area contributed by atoms with Crippen molar-refractivity contribution in [3.05, 3.63) is 65.2 Å². The van der Waals surface area contributed by atoms with Gasteiger partial charge in [0.15, 0.2) is 12.4 Å². The van der Waals surface area contributed by atoms with Crippen LogP contribution in [0.3, 0.4) is 0 Å². The van der Waals surface area contributed by atoms with Crippen molar-refractivity contribution < 1.29 is 18.9 Å². The van der Waals surface area contributed by atoms with Gasteiger partial charge in [-0.05, 0) is 37.8 Å². The van der Waals surface area contributed by atoms with E-state index in [1.807, 2.05) is 47.3 Å². The van der Waals surface area contributed by atoms with Crippen LogP contribution in [0.2, 0.25) is 0 Å². The molecular formula is C20H21N2O3+. The third kappa shape index (κ3) is 3.31. The number of pyridine rings is 1. The maximum Gasteiger partial charge on any atom is 0.340 e. The number of nitrogens with one attached hydrogen (secondary N) is 1. The molecule has 0 bridgehead atoms. The number of aryl methyl sites for hydroxylation is 1. The van der Waals surface area contributed by atoms with Crippen molar-refractivity contribution in [2.45, 2.75) is 27.3 Å². The van der Waals surface area contributed by atoms with Gasteiger partial charge in [-0.1, -0.05) is 18.2 Å². The van der Waals surface area contributed by atoms with Crippen LogP contribution in [0, 0.1) is 13.8 Å². The predicted molar refractivity (Wildman–Crippen MR) is 94.7 cm³/mol. The molecule has 0 fully saturated rings. The summed E-state index contributed by atoms with van der Waals surface area (Å²) in [5, 5.41) is 2.20. The van der Waals surface area contributed by atoms with Gasteiger partial charge in [-0.2, -0.15) is 4.57 Å². The molecule has 0 saturated carbocycles. The fourth-order valence-electron chi connectivity index (χ4n) is 3.06. The Kier molecular flexibility index (Phi) is 4.65. The summed E-state index contributed by atoms with van der Waals surface area (Å²) in [6, 6.07) is 9.99.